The number of fused-ring (bicyclic) bond motifs is 1. The molecule has 8 nitrogen and oxygen atoms in total. The molecule has 4 aromatic rings. The average molecular weight is 540 g/mol. The molecule has 2 aromatic heterocycles. The van der Waals surface area contributed by atoms with Gasteiger partial charge in [-0.2, -0.15) is 0 Å². The van der Waals surface area contributed by atoms with Gasteiger partial charge >= 0.3 is 5.97 Å². The number of carbonyl (C=O) groups excluding carboxylic acids is 2. The zero-order chi connectivity index (χ0) is 28.4. The van der Waals surface area contributed by atoms with Crippen LogP contribution in [0.1, 0.15) is 66.9 Å². The number of nitrogens with one attached hydrogen (secondary N) is 2. The Labute approximate surface area is 232 Å². The third kappa shape index (κ3) is 5.43. The smallest absolute Gasteiger partial charge is 0.328 e. The highest BCUT2D eigenvalue weighted by atomic mass is 16.4. The Kier molecular flexibility index (Phi) is 7.34. The van der Waals surface area contributed by atoms with Crippen LogP contribution in [0.2, 0.25) is 0 Å². The predicted molar refractivity (Wildman–Crippen MR) is 155 cm³/mol. The number of carbonyl (C=O) groups is 3. The Balaban J connectivity index is 1.36. The summed E-state index contributed by atoms with van der Waals surface area (Å²) in [4.78, 5) is 37.1. The van der Waals surface area contributed by atoms with E-state index >= 15 is 0 Å². The Hall–Kier alpha value is -4.59. The van der Waals surface area contributed by atoms with Crippen molar-refractivity contribution >= 4 is 40.4 Å². The Morgan fingerprint density at radius 1 is 1.05 bits per heavy atom. The number of aryl methyl sites for hydroxylation is 1. The molecule has 0 radical (unpaired) electrons. The summed E-state index contributed by atoms with van der Waals surface area (Å²) in [5.74, 6) is -1.28. The van der Waals surface area contributed by atoms with E-state index in [0.29, 0.717) is 22.7 Å². The summed E-state index contributed by atoms with van der Waals surface area (Å²) >= 11 is 0. The third-order valence-corrected chi connectivity index (χ3v) is 7.64. The quantitative estimate of drug-likeness (QED) is 0.226. The number of aromatic nitrogens is 1. The summed E-state index contributed by atoms with van der Waals surface area (Å²) in [6.07, 6.45) is 10.7. The minimum absolute atomic E-state index is 0.343. The number of benzene rings is 2. The van der Waals surface area contributed by atoms with Crippen molar-refractivity contribution < 1.29 is 23.9 Å². The maximum absolute atomic E-state index is 13.3. The van der Waals surface area contributed by atoms with Gasteiger partial charge in [0.05, 0.1) is 18.2 Å². The van der Waals surface area contributed by atoms with Crippen LogP contribution in [0.3, 0.4) is 0 Å². The zero-order valence-corrected chi connectivity index (χ0v) is 22.9. The number of aliphatic carboxylic acids is 1. The summed E-state index contributed by atoms with van der Waals surface area (Å²) in [6.45, 7) is 3.31. The number of furan rings is 1. The van der Waals surface area contributed by atoms with Crippen LogP contribution in [-0.4, -0.2) is 33.0 Å². The minimum Gasteiger partial charge on any atom is -0.478 e. The summed E-state index contributed by atoms with van der Waals surface area (Å²) in [5.41, 5.74) is 4.93. The highest BCUT2D eigenvalue weighted by molar-refractivity contribution is 6.05. The van der Waals surface area contributed by atoms with Gasteiger partial charge in [0.15, 0.2) is 0 Å². The number of carboxylic acids is 1. The molecule has 1 aliphatic rings. The molecule has 5 rings (SSSR count). The molecule has 2 heterocycles. The number of rotatable bonds is 8. The van der Waals surface area contributed by atoms with Crippen LogP contribution in [0.5, 0.6) is 0 Å². The highest BCUT2D eigenvalue weighted by Crippen LogP contribution is 2.44. The average Bonchev–Trinajstić information content (AvgIpc) is 3.69. The Bertz CT molecular complexity index is 1590. The van der Waals surface area contributed by atoms with Crippen LogP contribution in [0, 0.1) is 0 Å². The lowest BCUT2D eigenvalue weighted by Gasteiger charge is -2.25. The van der Waals surface area contributed by atoms with Crippen molar-refractivity contribution in [2.24, 2.45) is 7.05 Å². The van der Waals surface area contributed by atoms with Gasteiger partial charge in [-0.3, -0.25) is 9.59 Å². The molecule has 2 amide bonds. The lowest BCUT2D eigenvalue weighted by molar-refractivity contribution is -0.131. The van der Waals surface area contributed by atoms with Crippen LogP contribution in [-0.2, 0) is 16.6 Å². The normalized spacial score (nSPS) is 14.2. The molecule has 1 saturated carbocycles. The van der Waals surface area contributed by atoms with E-state index in [1.54, 1.807) is 50.6 Å². The molecule has 3 N–H and O–H groups in total. The predicted octanol–water partition coefficient (Wildman–Crippen LogP) is 6.34. The molecule has 206 valence electrons. The van der Waals surface area contributed by atoms with Gasteiger partial charge in [0, 0.05) is 40.8 Å². The molecular weight excluding hydrogens is 506 g/mol. The van der Waals surface area contributed by atoms with Gasteiger partial charge in [0.2, 0.25) is 5.91 Å². The minimum atomic E-state index is -1.20. The second kappa shape index (κ2) is 10.9. The van der Waals surface area contributed by atoms with Gasteiger partial charge < -0.3 is 24.7 Å². The van der Waals surface area contributed by atoms with E-state index in [1.807, 2.05) is 31.3 Å². The van der Waals surface area contributed by atoms with E-state index in [-0.39, 0.29) is 11.8 Å². The molecular formula is C32H33N3O5. The highest BCUT2D eigenvalue weighted by Gasteiger charge is 2.31. The van der Waals surface area contributed by atoms with Crippen LogP contribution in [0.4, 0.5) is 5.69 Å². The third-order valence-electron chi connectivity index (χ3n) is 7.64. The lowest BCUT2D eigenvalue weighted by Crippen LogP contribution is -2.52. The molecule has 0 aliphatic heterocycles. The first-order valence-corrected chi connectivity index (χ1v) is 13.4. The monoisotopic (exact) mass is 539 g/mol. The van der Waals surface area contributed by atoms with E-state index in [4.69, 9.17) is 9.52 Å². The molecule has 40 heavy (non-hydrogen) atoms. The second-order valence-corrected chi connectivity index (χ2v) is 10.9. The standard InChI is InChI=1S/C32H33N3O5/c1-32(2,31(39)33-24-12-8-20(9-13-24)10-15-27(36)37)34-30(38)22-11-14-25-26(18-22)35(3)29(23-16-17-40-19-23)28(25)21-6-4-5-7-21/h8-19,21H,4-7H2,1-3H3,(H,33,39)(H,34,38)(H,36,37)/b15-10+. The number of hydrogen-bond donors (Lipinski definition) is 3. The SMILES string of the molecule is Cn1c(-c2ccoc2)c(C2CCCC2)c2ccc(C(=O)NC(C)(C)C(=O)Nc3ccc(/C=C/C(=O)O)cc3)cc21. The van der Waals surface area contributed by atoms with E-state index in [1.165, 1.54) is 24.5 Å². The molecule has 0 atom stereocenters. The summed E-state index contributed by atoms with van der Waals surface area (Å²) in [7, 11) is 2.02. The summed E-state index contributed by atoms with van der Waals surface area (Å²) < 4.78 is 7.54. The lowest BCUT2D eigenvalue weighted by atomic mass is 9.92. The number of nitrogens with zero attached hydrogens (tertiary/aromatic N) is 1. The molecule has 8 heteroatoms. The molecule has 0 bridgehead atoms. The van der Waals surface area contributed by atoms with Crippen LogP contribution in [0.15, 0.2) is 71.6 Å². The molecule has 1 aliphatic carbocycles. The fraction of sp³-hybridized carbons (Fsp3) is 0.281. The first kappa shape index (κ1) is 27.0. The Morgan fingerprint density at radius 3 is 2.42 bits per heavy atom. The number of carboxylic acid groups (broad SMARTS) is 1. The van der Waals surface area contributed by atoms with Gasteiger partial charge in [-0.1, -0.05) is 31.0 Å². The van der Waals surface area contributed by atoms with Gasteiger partial charge in [0.1, 0.15) is 5.54 Å². The fourth-order valence-electron chi connectivity index (χ4n) is 5.53. The van der Waals surface area contributed by atoms with Crippen molar-refractivity contribution in [3.05, 3.63) is 83.8 Å². The van der Waals surface area contributed by atoms with Crippen LogP contribution in [0.25, 0.3) is 28.2 Å². The molecule has 1 fully saturated rings. The first-order chi connectivity index (χ1) is 19.1. The second-order valence-electron chi connectivity index (χ2n) is 10.9. The Morgan fingerprint density at radius 2 is 1.77 bits per heavy atom. The first-order valence-electron chi connectivity index (χ1n) is 13.4. The van der Waals surface area contributed by atoms with Gasteiger partial charge in [-0.15, -0.1) is 0 Å². The van der Waals surface area contributed by atoms with Crippen molar-refractivity contribution in [3.63, 3.8) is 0 Å². The van der Waals surface area contributed by atoms with Crippen LogP contribution < -0.4 is 10.6 Å². The maximum Gasteiger partial charge on any atom is 0.328 e. The molecule has 0 spiro atoms. The largest absolute Gasteiger partial charge is 0.478 e. The molecule has 0 saturated heterocycles. The number of anilines is 1. The number of hydrogen-bond acceptors (Lipinski definition) is 4. The molecule has 2 aromatic carbocycles. The van der Waals surface area contributed by atoms with Crippen molar-refractivity contribution in [1.82, 2.24) is 9.88 Å². The van der Waals surface area contributed by atoms with Crippen LogP contribution >= 0.6 is 0 Å². The zero-order valence-electron chi connectivity index (χ0n) is 22.9. The van der Waals surface area contributed by atoms with E-state index in [2.05, 4.69) is 15.2 Å². The van der Waals surface area contributed by atoms with Crippen molar-refractivity contribution in [2.75, 3.05) is 5.32 Å². The summed E-state index contributed by atoms with van der Waals surface area (Å²) in [6, 6.07) is 14.5. The summed E-state index contributed by atoms with van der Waals surface area (Å²) in [5, 5.41) is 15.6. The van der Waals surface area contributed by atoms with Gasteiger partial charge in [-0.25, -0.2) is 4.79 Å². The van der Waals surface area contributed by atoms with Gasteiger partial charge in [-0.05, 0) is 80.1 Å². The van der Waals surface area contributed by atoms with Crippen molar-refractivity contribution in [1.29, 1.82) is 0 Å². The maximum atomic E-state index is 13.3. The van der Waals surface area contributed by atoms with E-state index in [9.17, 15) is 14.4 Å². The molecule has 0 unspecified atom stereocenters. The fourth-order valence-corrected chi connectivity index (χ4v) is 5.53. The topological polar surface area (TPSA) is 114 Å². The van der Waals surface area contributed by atoms with Gasteiger partial charge in [0.25, 0.3) is 5.91 Å². The van der Waals surface area contributed by atoms with Crippen molar-refractivity contribution in [2.45, 2.75) is 51.0 Å². The van der Waals surface area contributed by atoms with E-state index in [0.717, 1.165) is 41.1 Å². The van der Waals surface area contributed by atoms with Crippen molar-refractivity contribution in [3.8, 4) is 11.3 Å². The number of amides is 2. The van der Waals surface area contributed by atoms with E-state index < -0.39 is 11.5 Å².